The first-order chi connectivity index (χ1) is 12.7. The number of hydrogen-bond acceptors (Lipinski definition) is 4. The number of urea groups is 1. The molecular formula is C18H17ClFN3O4. The molecule has 0 bridgehead atoms. The molecule has 3 rings (SSSR count). The Kier molecular flexibility index (Phi) is 4.93. The zero-order valence-corrected chi connectivity index (χ0v) is 15.4. The summed E-state index contributed by atoms with van der Waals surface area (Å²) in [6.07, 6.45) is 1.39. The predicted molar refractivity (Wildman–Crippen MR) is 94.2 cm³/mol. The van der Waals surface area contributed by atoms with E-state index in [-0.39, 0.29) is 22.9 Å². The van der Waals surface area contributed by atoms with Crippen LogP contribution >= 0.6 is 11.6 Å². The minimum atomic E-state index is -1.38. The summed E-state index contributed by atoms with van der Waals surface area (Å²) < 4.78 is 19.1. The molecule has 2 heterocycles. The number of benzene rings is 1. The van der Waals surface area contributed by atoms with Crippen molar-refractivity contribution >= 4 is 29.4 Å². The van der Waals surface area contributed by atoms with Crippen LogP contribution in [0.25, 0.3) is 0 Å². The zero-order valence-electron chi connectivity index (χ0n) is 14.7. The molecule has 1 saturated heterocycles. The number of likely N-dealkylation sites (N-methyl/N-ethyl adjacent to an activating group) is 1. The van der Waals surface area contributed by atoms with E-state index in [0.717, 1.165) is 4.90 Å². The van der Waals surface area contributed by atoms with E-state index in [0.29, 0.717) is 0 Å². The third-order valence-corrected chi connectivity index (χ3v) is 4.82. The fourth-order valence-electron chi connectivity index (χ4n) is 2.84. The smallest absolute Gasteiger partial charge is 0.325 e. The molecule has 9 heteroatoms. The summed E-state index contributed by atoms with van der Waals surface area (Å²) in [5.41, 5.74) is -1.22. The summed E-state index contributed by atoms with van der Waals surface area (Å²) in [7, 11) is 1.44. The number of halogens is 2. The van der Waals surface area contributed by atoms with Gasteiger partial charge in [0.15, 0.2) is 5.54 Å². The molecule has 1 aliphatic rings. The van der Waals surface area contributed by atoms with E-state index in [9.17, 15) is 18.8 Å². The number of furan rings is 1. The maximum Gasteiger partial charge on any atom is 0.325 e. The summed E-state index contributed by atoms with van der Waals surface area (Å²) >= 11 is 5.97. The van der Waals surface area contributed by atoms with Gasteiger partial charge < -0.3 is 14.6 Å². The lowest BCUT2D eigenvalue weighted by atomic mass is 9.99. The minimum Gasteiger partial charge on any atom is -0.466 e. The number of imide groups is 1. The van der Waals surface area contributed by atoms with Crippen LogP contribution in [0.15, 0.2) is 41.0 Å². The van der Waals surface area contributed by atoms with Crippen LogP contribution in [0.4, 0.5) is 9.18 Å². The van der Waals surface area contributed by atoms with Crippen LogP contribution in [0, 0.1) is 5.82 Å². The standard InChI is InChI=1S/C18H17ClFN3O4/c1-18(14-7-4-8-27-14)16(25)23(17(26)21-18)10-15(24)22(2)9-11-12(19)5-3-6-13(11)20/h3-8H,9-10H2,1-2H3,(H,21,26). The maximum atomic E-state index is 13.9. The van der Waals surface area contributed by atoms with Crippen LogP contribution in [-0.4, -0.2) is 41.2 Å². The highest BCUT2D eigenvalue weighted by Crippen LogP contribution is 2.29. The summed E-state index contributed by atoms with van der Waals surface area (Å²) in [6, 6.07) is 6.68. The molecule has 0 spiro atoms. The molecule has 1 N–H and O–H groups in total. The van der Waals surface area contributed by atoms with Gasteiger partial charge >= 0.3 is 6.03 Å². The summed E-state index contributed by atoms with van der Waals surface area (Å²) in [5, 5.41) is 2.73. The Morgan fingerprint density at radius 1 is 1.33 bits per heavy atom. The van der Waals surface area contributed by atoms with E-state index in [2.05, 4.69) is 5.32 Å². The van der Waals surface area contributed by atoms with Gasteiger partial charge in [0, 0.05) is 24.2 Å². The number of carbonyl (C=O) groups is 3. The quantitative estimate of drug-likeness (QED) is 0.791. The van der Waals surface area contributed by atoms with Crippen molar-refractivity contribution in [1.82, 2.24) is 15.1 Å². The molecule has 1 aliphatic heterocycles. The third kappa shape index (κ3) is 3.40. The third-order valence-electron chi connectivity index (χ3n) is 4.47. The van der Waals surface area contributed by atoms with Gasteiger partial charge in [0.2, 0.25) is 5.91 Å². The first-order valence-corrected chi connectivity index (χ1v) is 8.47. The lowest BCUT2D eigenvalue weighted by molar-refractivity contribution is -0.138. The molecule has 27 heavy (non-hydrogen) atoms. The molecule has 7 nitrogen and oxygen atoms in total. The van der Waals surface area contributed by atoms with Gasteiger partial charge in [-0.1, -0.05) is 17.7 Å². The molecule has 142 valence electrons. The molecule has 0 aliphatic carbocycles. The van der Waals surface area contributed by atoms with E-state index < -0.39 is 35.7 Å². The van der Waals surface area contributed by atoms with Crippen molar-refractivity contribution in [3.63, 3.8) is 0 Å². The SMILES string of the molecule is CN(Cc1c(F)cccc1Cl)C(=O)CN1C(=O)NC(C)(c2ccco2)C1=O. The number of rotatable bonds is 5. The van der Waals surface area contributed by atoms with Gasteiger partial charge in [-0.05, 0) is 31.2 Å². The van der Waals surface area contributed by atoms with Crippen molar-refractivity contribution in [3.8, 4) is 0 Å². The molecule has 0 saturated carbocycles. The van der Waals surface area contributed by atoms with Gasteiger partial charge in [0.1, 0.15) is 18.1 Å². The van der Waals surface area contributed by atoms with E-state index in [4.69, 9.17) is 16.0 Å². The Morgan fingerprint density at radius 2 is 2.07 bits per heavy atom. The largest absolute Gasteiger partial charge is 0.466 e. The van der Waals surface area contributed by atoms with E-state index in [1.165, 1.54) is 43.3 Å². The van der Waals surface area contributed by atoms with Crippen LogP contribution in [0.3, 0.4) is 0 Å². The average Bonchev–Trinajstić information content (AvgIpc) is 3.22. The maximum absolute atomic E-state index is 13.9. The highest BCUT2D eigenvalue weighted by Gasteiger charge is 2.51. The second kappa shape index (κ2) is 7.03. The van der Waals surface area contributed by atoms with Gasteiger partial charge in [-0.3, -0.25) is 14.5 Å². The topological polar surface area (TPSA) is 82.9 Å². The molecule has 1 aromatic heterocycles. The van der Waals surface area contributed by atoms with Crippen molar-refractivity contribution < 1.29 is 23.2 Å². The summed E-state index contributed by atoms with van der Waals surface area (Å²) in [5.74, 6) is -1.42. The molecule has 0 radical (unpaired) electrons. The molecule has 1 aromatic carbocycles. The van der Waals surface area contributed by atoms with Crippen LogP contribution in [-0.2, 0) is 21.7 Å². The van der Waals surface area contributed by atoms with E-state index >= 15 is 0 Å². The van der Waals surface area contributed by atoms with Crippen molar-refractivity contribution in [2.75, 3.05) is 13.6 Å². The van der Waals surface area contributed by atoms with Crippen LogP contribution in [0.2, 0.25) is 5.02 Å². The van der Waals surface area contributed by atoms with E-state index in [1.54, 1.807) is 12.1 Å². The highest BCUT2D eigenvalue weighted by atomic mass is 35.5. The van der Waals surface area contributed by atoms with E-state index in [1.807, 2.05) is 0 Å². The number of nitrogens with zero attached hydrogens (tertiary/aromatic N) is 2. The fraction of sp³-hybridized carbons (Fsp3) is 0.278. The number of hydrogen-bond donors (Lipinski definition) is 1. The Morgan fingerprint density at radius 3 is 2.70 bits per heavy atom. The molecule has 2 aromatic rings. The Bertz CT molecular complexity index is 882. The van der Waals surface area contributed by atoms with Gasteiger partial charge in [-0.2, -0.15) is 0 Å². The first kappa shape index (κ1) is 18.9. The lowest BCUT2D eigenvalue weighted by Crippen LogP contribution is -2.43. The van der Waals surface area contributed by atoms with Crippen LogP contribution < -0.4 is 5.32 Å². The number of amides is 4. The Hall–Kier alpha value is -2.87. The van der Waals surface area contributed by atoms with Gasteiger partial charge in [0.05, 0.1) is 6.26 Å². The number of carbonyl (C=O) groups excluding carboxylic acids is 3. The zero-order chi connectivity index (χ0) is 19.8. The first-order valence-electron chi connectivity index (χ1n) is 8.09. The monoisotopic (exact) mass is 393 g/mol. The van der Waals surface area contributed by atoms with Crippen molar-refractivity contribution in [2.24, 2.45) is 0 Å². The molecule has 1 fully saturated rings. The second-order valence-electron chi connectivity index (χ2n) is 6.37. The number of nitrogens with one attached hydrogen (secondary N) is 1. The predicted octanol–water partition coefficient (Wildman–Crippen LogP) is 2.50. The summed E-state index contributed by atoms with van der Waals surface area (Å²) in [6.45, 7) is 0.923. The normalized spacial score (nSPS) is 19.3. The van der Waals surface area contributed by atoms with Crippen molar-refractivity contribution in [3.05, 3.63) is 58.8 Å². The molecular weight excluding hydrogens is 377 g/mol. The van der Waals surface area contributed by atoms with Gasteiger partial charge in [-0.15, -0.1) is 0 Å². The average molecular weight is 394 g/mol. The minimum absolute atomic E-state index is 0.0938. The summed E-state index contributed by atoms with van der Waals surface area (Å²) in [4.78, 5) is 39.4. The Balaban J connectivity index is 1.72. The molecule has 1 unspecified atom stereocenters. The highest BCUT2D eigenvalue weighted by molar-refractivity contribution is 6.31. The van der Waals surface area contributed by atoms with Gasteiger partial charge in [-0.25, -0.2) is 9.18 Å². The van der Waals surface area contributed by atoms with Crippen LogP contribution in [0.5, 0.6) is 0 Å². The van der Waals surface area contributed by atoms with Crippen molar-refractivity contribution in [1.29, 1.82) is 0 Å². The second-order valence-corrected chi connectivity index (χ2v) is 6.78. The molecule has 1 atom stereocenters. The van der Waals surface area contributed by atoms with Crippen LogP contribution in [0.1, 0.15) is 18.2 Å². The van der Waals surface area contributed by atoms with Gasteiger partial charge in [0.25, 0.3) is 5.91 Å². The fourth-order valence-corrected chi connectivity index (χ4v) is 3.06. The Labute approximate surface area is 159 Å². The molecule has 4 amide bonds. The lowest BCUT2D eigenvalue weighted by Gasteiger charge is -2.22. The van der Waals surface area contributed by atoms with Crippen molar-refractivity contribution in [2.45, 2.75) is 19.0 Å².